The molecular weight excluding hydrogens is 507 g/mol. The molecule has 3 rings (SSSR count). The Kier molecular flexibility index (Phi) is 8.72. The molecular formula is C19H27IN4O2S2. The SMILES string of the molecule is CN=C(NCc1ccc(S(=O)(=O)NC2CC2)cc1)NCC(C)c1ccsc1.I. The first-order valence-corrected chi connectivity index (χ1v) is 11.5. The third-order valence-corrected chi connectivity index (χ3v) is 6.74. The van der Waals surface area contributed by atoms with Crippen molar-refractivity contribution in [2.45, 2.75) is 43.2 Å². The highest BCUT2D eigenvalue weighted by molar-refractivity contribution is 14.0. The monoisotopic (exact) mass is 534 g/mol. The normalized spacial score (nSPS) is 15.6. The fourth-order valence-corrected chi connectivity index (χ4v) is 4.69. The number of hydrogen-bond donors (Lipinski definition) is 3. The standard InChI is InChI=1S/C19H26N4O2S2.HI/c1-14(16-9-10-26-13-16)11-21-19(20-2)22-12-15-3-7-18(8-4-15)27(24,25)23-17-5-6-17;/h3-4,7-10,13-14,17,23H,5-6,11-12H2,1-2H3,(H2,20,21,22);1H. The summed E-state index contributed by atoms with van der Waals surface area (Å²) < 4.78 is 27.1. The fraction of sp³-hybridized carbons (Fsp3) is 0.421. The van der Waals surface area contributed by atoms with Crippen molar-refractivity contribution in [3.8, 4) is 0 Å². The van der Waals surface area contributed by atoms with Gasteiger partial charge in [0.05, 0.1) is 4.90 Å². The minimum absolute atomic E-state index is 0. The van der Waals surface area contributed by atoms with Gasteiger partial charge in [-0.2, -0.15) is 11.3 Å². The lowest BCUT2D eigenvalue weighted by atomic mass is 10.1. The lowest BCUT2D eigenvalue weighted by Gasteiger charge is -2.15. The summed E-state index contributed by atoms with van der Waals surface area (Å²) in [6.07, 6.45) is 1.86. The second-order valence-electron chi connectivity index (χ2n) is 6.80. The van der Waals surface area contributed by atoms with E-state index in [2.05, 4.69) is 44.1 Å². The number of nitrogens with zero attached hydrogens (tertiary/aromatic N) is 1. The van der Waals surface area contributed by atoms with Crippen LogP contribution in [0.1, 0.15) is 36.8 Å². The van der Waals surface area contributed by atoms with Crippen molar-refractivity contribution in [2.75, 3.05) is 13.6 Å². The van der Waals surface area contributed by atoms with Crippen molar-refractivity contribution in [1.29, 1.82) is 0 Å². The van der Waals surface area contributed by atoms with Crippen LogP contribution in [0, 0.1) is 0 Å². The number of guanidine groups is 1. The van der Waals surface area contributed by atoms with Crippen LogP contribution in [0.15, 0.2) is 51.0 Å². The van der Waals surface area contributed by atoms with Gasteiger partial charge in [0.1, 0.15) is 0 Å². The minimum Gasteiger partial charge on any atom is -0.356 e. The Labute approximate surface area is 188 Å². The molecule has 0 aliphatic heterocycles. The molecule has 1 aromatic heterocycles. The first kappa shape index (κ1) is 23.1. The molecule has 1 saturated carbocycles. The van der Waals surface area contributed by atoms with Gasteiger partial charge in [-0.15, -0.1) is 24.0 Å². The molecule has 1 atom stereocenters. The number of sulfonamides is 1. The highest BCUT2D eigenvalue weighted by atomic mass is 127. The first-order chi connectivity index (χ1) is 13.0. The lowest BCUT2D eigenvalue weighted by Crippen LogP contribution is -2.38. The second kappa shape index (κ2) is 10.6. The third kappa shape index (κ3) is 6.71. The molecule has 1 fully saturated rings. The van der Waals surface area contributed by atoms with Crippen LogP contribution in [0.2, 0.25) is 0 Å². The van der Waals surface area contributed by atoms with Gasteiger partial charge >= 0.3 is 0 Å². The molecule has 1 aliphatic rings. The van der Waals surface area contributed by atoms with E-state index in [1.165, 1.54) is 5.56 Å². The van der Waals surface area contributed by atoms with E-state index in [0.29, 0.717) is 17.4 Å². The zero-order valence-electron chi connectivity index (χ0n) is 16.0. The highest BCUT2D eigenvalue weighted by Gasteiger charge is 2.27. The van der Waals surface area contributed by atoms with Crippen LogP contribution in [0.25, 0.3) is 0 Å². The van der Waals surface area contributed by atoms with Gasteiger partial charge in [0.25, 0.3) is 0 Å². The average molecular weight is 534 g/mol. The van der Waals surface area contributed by atoms with Gasteiger partial charge in [0, 0.05) is 26.2 Å². The predicted octanol–water partition coefficient (Wildman–Crippen LogP) is 3.28. The Morgan fingerprint density at radius 2 is 1.93 bits per heavy atom. The van der Waals surface area contributed by atoms with Crippen molar-refractivity contribution in [2.24, 2.45) is 4.99 Å². The molecule has 0 bridgehead atoms. The number of halogens is 1. The number of rotatable bonds is 8. The quantitative estimate of drug-likeness (QED) is 0.276. The Morgan fingerprint density at radius 3 is 2.50 bits per heavy atom. The molecule has 1 heterocycles. The highest BCUT2D eigenvalue weighted by Crippen LogP contribution is 2.22. The molecule has 154 valence electrons. The number of nitrogens with one attached hydrogen (secondary N) is 3. The van der Waals surface area contributed by atoms with Crippen molar-refractivity contribution in [3.63, 3.8) is 0 Å². The third-order valence-electron chi connectivity index (χ3n) is 4.50. The molecule has 0 radical (unpaired) electrons. The van der Waals surface area contributed by atoms with Crippen LogP contribution in [0.3, 0.4) is 0 Å². The molecule has 0 spiro atoms. The van der Waals surface area contributed by atoms with Gasteiger partial charge in [-0.3, -0.25) is 4.99 Å². The smallest absolute Gasteiger partial charge is 0.240 e. The average Bonchev–Trinajstić information content (AvgIpc) is 3.29. The van der Waals surface area contributed by atoms with Gasteiger partial charge in [-0.25, -0.2) is 13.1 Å². The molecule has 0 saturated heterocycles. The van der Waals surface area contributed by atoms with Crippen molar-refractivity contribution in [1.82, 2.24) is 15.4 Å². The summed E-state index contributed by atoms with van der Waals surface area (Å²) in [5.41, 5.74) is 2.31. The van der Waals surface area contributed by atoms with Crippen molar-refractivity contribution in [3.05, 3.63) is 52.2 Å². The first-order valence-electron chi connectivity index (χ1n) is 9.06. The maximum absolute atomic E-state index is 12.2. The van der Waals surface area contributed by atoms with Gasteiger partial charge in [-0.1, -0.05) is 19.1 Å². The Morgan fingerprint density at radius 1 is 1.21 bits per heavy atom. The van der Waals surface area contributed by atoms with Crippen LogP contribution in [-0.4, -0.2) is 34.0 Å². The van der Waals surface area contributed by atoms with Gasteiger partial charge < -0.3 is 10.6 Å². The molecule has 1 aromatic carbocycles. The fourth-order valence-electron chi connectivity index (χ4n) is 2.60. The Hall–Kier alpha value is -1.17. The van der Waals surface area contributed by atoms with Crippen molar-refractivity contribution >= 4 is 51.3 Å². The molecule has 0 amide bonds. The summed E-state index contributed by atoms with van der Waals surface area (Å²) in [5, 5.41) is 10.8. The number of benzene rings is 1. The van der Waals surface area contributed by atoms with Gasteiger partial charge in [0.15, 0.2) is 5.96 Å². The van der Waals surface area contributed by atoms with Crippen LogP contribution in [-0.2, 0) is 16.6 Å². The molecule has 1 unspecified atom stereocenters. The van der Waals surface area contributed by atoms with E-state index in [1.54, 1.807) is 30.5 Å². The van der Waals surface area contributed by atoms with E-state index in [4.69, 9.17) is 0 Å². The van der Waals surface area contributed by atoms with Crippen molar-refractivity contribution < 1.29 is 8.42 Å². The van der Waals surface area contributed by atoms with Gasteiger partial charge in [0.2, 0.25) is 10.0 Å². The maximum atomic E-state index is 12.2. The van der Waals surface area contributed by atoms with E-state index in [9.17, 15) is 8.42 Å². The zero-order valence-corrected chi connectivity index (χ0v) is 20.0. The molecule has 3 N–H and O–H groups in total. The Bertz CT molecular complexity index is 864. The summed E-state index contributed by atoms with van der Waals surface area (Å²) in [4.78, 5) is 4.55. The predicted molar refractivity (Wildman–Crippen MR) is 126 cm³/mol. The number of aliphatic imine (C=N–C) groups is 1. The largest absolute Gasteiger partial charge is 0.356 e. The van der Waals surface area contributed by atoms with Crippen LogP contribution in [0.5, 0.6) is 0 Å². The lowest BCUT2D eigenvalue weighted by molar-refractivity contribution is 0.581. The van der Waals surface area contributed by atoms with Gasteiger partial charge in [-0.05, 0) is 58.8 Å². The van der Waals surface area contributed by atoms with E-state index in [-0.39, 0.29) is 30.0 Å². The number of hydrogen-bond acceptors (Lipinski definition) is 4. The number of thiophene rings is 1. The van der Waals surface area contributed by atoms with E-state index >= 15 is 0 Å². The molecule has 1 aliphatic carbocycles. The van der Waals surface area contributed by atoms with E-state index in [1.807, 2.05) is 12.1 Å². The van der Waals surface area contributed by atoms with Crippen LogP contribution < -0.4 is 15.4 Å². The zero-order chi connectivity index (χ0) is 19.3. The topological polar surface area (TPSA) is 82.6 Å². The molecule has 2 aromatic rings. The summed E-state index contributed by atoms with van der Waals surface area (Å²) in [7, 11) is -1.66. The summed E-state index contributed by atoms with van der Waals surface area (Å²) in [6.45, 7) is 3.54. The molecule has 9 heteroatoms. The maximum Gasteiger partial charge on any atom is 0.240 e. The molecule has 28 heavy (non-hydrogen) atoms. The van der Waals surface area contributed by atoms with E-state index < -0.39 is 10.0 Å². The summed E-state index contributed by atoms with van der Waals surface area (Å²) >= 11 is 1.70. The summed E-state index contributed by atoms with van der Waals surface area (Å²) in [5.74, 6) is 1.13. The van der Waals surface area contributed by atoms with Crippen LogP contribution in [0.4, 0.5) is 0 Å². The second-order valence-corrected chi connectivity index (χ2v) is 9.30. The minimum atomic E-state index is -3.40. The Balaban J connectivity index is 0.00000280. The van der Waals surface area contributed by atoms with E-state index in [0.717, 1.165) is 30.9 Å². The summed E-state index contributed by atoms with van der Waals surface area (Å²) in [6, 6.07) is 9.21. The van der Waals surface area contributed by atoms with Crippen LogP contribution >= 0.6 is 35.3 Å². The molecule has 6 nitrogen and oxygen atoms in total.